The molecule has 1 fully saturated rings. The Morgan fingerprint density at radius 1 is 1.24 bits per heavy atom. The maximum atomic E-state index is 13.9. The van der Waals surface area contributed by atoms with Crippen molar-refractivity contribution in [2.24, 2.45) is 0 Å². The molecule has 1 aliphatic heterocycles. The van der Waals surface area contributed by atoms with Gasteiger partial charge in [0.05, 0.1) is 17.3 Å². The van der Waals surface area contributed by atoms with Crippen molar-refractivity contribution in [2.75, 3.05) is 12.3 Å². The summed E-state index contributed by atoms with van der Waals surface area (Å²) in [6.45, 7) is 1.89. The Hall–Kier alpha value is -2.56. The van der Waals surface area contributed by atoms with Crippen molar-refractivity contribution in [3.8, 4) is 16.9 Å². The fourth-order valence-corrected chi connectivity index (χ4v) is 4.62. The highest BCUT2D eigenvalue weighted by Gasteiger charge is 2.42. The molecule has 3 N–H and O–H groups in total. The average Bonchev–Trinajstić information content (AvgIpc) is 3.28. The SMILES string of the molecule is C[C@@H](Oc1cc(-c2cnn(C3CCNC(C(F)(F)F)C3)c2)cnc1N)c1c(Cl)ccc(F)c1Cl. The first-order valence-electron chi connectivity index (χ1n) is 10.4. The van der Waals surface area contributed by atoms with Gasteiger partial charge in [0.25, 0.3) is 0 Å². The number of halogens is 6. The summed E-state index contributed by atoms with van der Waals surface area (Å²) in [5, 5.41) is 6.86. The third-order valence-electron chi connectivity index (χ3n) is 5.75. The predicted molar refractivity (Wildman–Crippen MR) is 121 cm³/mol. The van der Waals surface area contributed by atoms with Crippen LogP contribution in [0.1, 0.15) is 37.5 Å². The van der Waals surface area contributed by atoms with Gasteiger partial charge in [-0.2, -0.15) is 18.3 Å². The number of hydrogen-bond acceptors (Lipinski definition) is 5. The lowest BCUT2D eigenvalue weighted by molar-refractivity contribution is -0.163. The van der Waals surface area contributed by atoms with Crippen LogP contribution in [0, 0.1) is 5.82 Å². The van der Waals surface area contributed by atoms with Crippen molar-refractivity contribution in [3.63, 3.8) is 0 Å². The van der Waals surface area contributed by atoms with Crippen molar-refractivity contribution in [1.82, 2.24) is 20.1 Å². The lowest BCUT2D eigenvalue weighted by Gasteiger charge is -2.31. The molecule has 2 aromatic heterocycles. The molecule has 1 aromatic carbocycles. The lowest BCUT2D eigenvalue weighted by Crippen LogP contribution is -2.48. The van der Waals surface area contributed by atoms with Gasteiger partial charge >= 0.3 is 6.18 Å². The van der Waals surface area contributed by atoms with E-state index < -0.39 is 30.2 Å². The van der Waals surface area contributed by atoms with Crippen LogP contribution in [-0.2, 0) is 0 Å². The Labute approximate surface area is 203 Å². The second kappa shape index (κ2) is 9.59. The number of nitrogens with one attached hydrogen (secondary N) is 1. The Bertz CT molecular complexity index is 1190. The van der Waals surface area contributed by atoms with Crippen LogP contribution in [0.25, 0.3) is 11.1 Å². The summed E-state index contributed by atoms with van der Waals surface area (Å²) < 4.78 is 60.7. The molecule has 3 heterocycles. The van der Waals surface area contributed by atoms with E-state index in [0.29, 0.717) is 17.5 Å². The number of ether oxygens (including phenoxy) is 1. The molecular formula is C22H21Cl2F4N5O. The van der Waals surface area contributed by atoms with Crippen LogP contribution in [0.2, 0.25) is 10.0 Å². The van der Waals surface area contributed by atoms with Gasteiger partial charge in [0.1, 0.15) is 18.0 Å². The first-order chi connectivity index (χ1) is 16.0. The third-order valence-corrected chi connectivity index (χ3v) is 6.47. The smallest absolute Gasteiger partial charge is 0.403 e. The van der Waals surface area contributed by atoms with Crippen LogP contribution in [0.15, 0.2) is 36.8 Å². The standard InChI is InChI=1S/C22H21Cl2F4N5O/c1-11(19-15(23)2-3-16(25)20(19)24)34-17-6-12(8-31-21(17)29)13-9-32-33(10-13)14-4-5-30-18(7-14)22(26,27)28/h2-3,6,8-11,14,18,30H,4-5,7H2,1H3,(H2,29,31)/t11-,14?,18?/m1/s1. The summed E-state index contributed by atoms with van der Waals surface area (Å²) in [6, 6.07) is 2.21. The fourth-order valence-electron chi connectivity index (χ4n) is 3.95. The van der Waals surface area contributed by atoms with E-state index >= 15 is 0 Å². The monoisotopic (exact) mass is 517 g/mol. The van der Waals surface area contributed by atoms with Gasteiger partial charge in [-0.05, 0) is 44.5 Å². The molecule has 3 atom stereocenters. The molecule has 0 saturated carbocycles. The lowest BCUT2D eigenvalue weighted by atomic mass is 9.99. The summed E-state index contributed by atoms with van der Waals surface area (Å²) >= 11 is 12.2. The van der Waals surface area contributed by atoms with E-state index in [1.807, 2.05) is 0 Å². The number of alkyl halides is 3. The highest BCUT2D eigenvalue weighted by atomic mass is 35.5. The largest absolute Gasteiger partial charge is 0.482 e. The van der Waals surface area contributed by atoms with E-state index in [1.54, 1.807) is 30.1 Å². The summed E-state index contributed by atoms with van der Waals surface area (Å²) in [5.41, 5.74) is 7.47. The minimum Gasteiger partial charge on any atom is -0.482 e. The molecule has 2 unspecified atom stereocenters. The van der Waals surface area contributed by atoms with Crippen LogP contribution >= 0.6 is 23.2 Å². The zero-order valence-corrected chi connectivity index (χ0v) is 19.4. The first kappa shape index (κ1) is 24.6. The third kappa shape index (κ3) is 5.08. The molecule has 3 aromatic rings. The number of hydrogen-bond donors (Lipinski definition) is 2. The van der Waals surface area contributed by atoms with E-state index in [2.05, 4.69) is 15.4 Å². The number of aromatic nitrogens is 3. The van der Waals surface area contributed by atoms with Gasteiger partial charge in [-0.25, -0.2) is 9.37 Å². The van der Waals surface area contributed by atoms with E-state index in [1.165, 1.54) is 12.3 Å². The van der Waals surface area contributed by atoms with Crippen molar-refractivity contribution in [3.05, 3.63) is 58.2 Å². The van der Waals surface area contributed by atoms with Gasteiger partial charge in [-0.15, -0.1) is 0 Å². The number of nitrogen functional groups attached to an aromatic ring is 1. The molecule has 0 aliphatic carbocycles. The number of piperidine rings is 1. The van der Waals surface area contributed by atoms with Gasteiger partial charge in [-0.1, -0.05) is 23.2 Å². The Kier molecular flexibility index (Phi) is 6.93. The molecule has 1 saturated heterocycles. The van der Waals surface area contributed by atoms with Crippen molar-refractivity contribution < 1.29 is 22.3 Å². The molecule has 0 radical (unpaired) electrons. The van der Waals surface area contributed by atoms with E-state index in [-0.39, 0.29) is 40.1 Å². The van der Waals surface area contributed by atoms with Gasteiger partial charge < -0.3 is 15.8 Å². The Morgan fingerprint density at radius 2 is 2.00 bits per heavy atom. The molecule has 0 spiro atoms. The van der Waals surface area contributed by atoms with E-state index in [9.17, 15) is 17.6 Å². The molecule has 4 rings (SSSR count). The van der Waals surface area contributed by atoms with Gasteiger partial charge in [-0.3, -0.25) is 4.68 Å². The number of benzene rings is 1. The summed E-state index contributed by atoms with van der Waals surface area (Å²) in [4.78, 5) is 4.15. The molecule has 182 valence electrons. The highest BCUT2D eigenvalue weighted by Crippen LogP contribution is 2.37. The van der Waals surface area contributed by atoms with E-state index in [4.69, 9.17) is 33.7 Å². The number of nitrogens with zero attached hydrogens (tertiary/aromatic N) is 3. The van der Waals surface area contributed by atoms with Crippen molar-refractivity contribution in [1.29, 1.82) is 0 Å². The zero-order chi connectivity index (χ0) is 24.6. The maximum absolute atomic E-state index is 13.9. The molecule has 1 aliphatic rings. The molecule has 6 nitrogen and oxygen atoms in total. The number of nitrogens with two attached hydrogens (primary N) is 1. The topological polar surface area (TPSA) is 78.0 Å². The molecular weight excluding hydrogens is 497 g/mol. The van der Waals surface area contributed by atoms with Crippen LogP contribution in [0.3, 0.4) is 0 Å². The molecule has 0 bridgehead atoms. The summed E-state index contributed by atoms with van der Waals surface area (Å²) in [7, 11) is 0. The van der Waals surface area contributed by atoms with Gasteiger partial charge in [0.2, 0.25) is 0 Å². The predicted octanol–water partition coefficient (Wildman–Crippen LogP) is 5.97. The zero-order valence-electron chi connectivity index (χ0n) is 17.9. The maximum Gasteiger partial charge on any atom is 0.403 e. The number of anilines is 1. The van der Waals surface area contributed by atoms with Gasteiger partial charge in [0.15, 0.2) is 11.6 Å². The Balaban J connectivity index is 1.55. The normalized spacial score (nSPS) is 19.7. The quantitative estimate of drug-likeness (QED) is 0.322. The van der Waals surface area contributed by atoms with Crippen LogP contribution in [0.4, 0.5) is 23.4 Å². The Morgan fingerprint density at radius 3 is 2.74 bits per heavy atom. The fraction of sp³-hybridized carbons (Fsp3) is 0.364. The second-order valence-corrected chi connectivity index (χ2v) is 8.85. The summed E-state index contributed by atoms with van der Waals surface area (Å²) in [6.07, 6.45) is 0.0887. The van der Waals surface area contributed by atoms with Crippen molar-refractivity contribution >= 4 is 29.0 Å². The summed E-state index contributed by atoms with van der Waals surface area (Å²) in [5.74, 6) is -0.319. The van der Waals surface area contributed by atoms with Crippen molar-refractivity contribution in [2.45, 2.75) is 44.1 Å². The average molecular weight is 518 g/mol. The molecule has 0 amide bonds. The second-order valence-electron chi connectivity index (χ2n) is 8.06. The molecule has 12 heteroatoms. The first-order valence-corrected chi connectivity index (χ1v) is 11.2. The highest BCUT2D eigenvalue weighted by molar-refractivity contribution is 6.36. The van der Waals surface area contributed by atoms with Crippen LogP contribution < -0.4 is 15.8 Å². The van der Waals surface area contributed by atoms with Crippen LogP contribution in [0.5, 0.6) is 5.75 Å². The number of rotatable bonds is 5. The minimum atomic E-state index is -4.31. The van der Waals surface area contributed by atoms with Gasteiger partial charge in [0, 0.05) is 34.1 Å². The van der Waals surface area contributed by atoms with E-state index in [0.717, 1.165) is 6.07 Å². The van der Waals surface area contributed by atoms with Crippen LogP contribution in [-0.4, -0.2) is 33.5 Å². The molecule has 34 heavy (non-hydrogen) atoms. The minimum absolute atomic E-state index is 0.0954. The number of pyridine rings is 1.